The summed E-state index contributed by atoms with van der Waals surface area (Å²) in [4.78, 5) is 25.0. The fourth-order valence-corrected chi connectivity index (χ4v) is 2.02. The van der Waals surface area contributed by atoms with E-state index < -0.39 is 0 Å². The van der Waals surface area contributed by atoms with Crippen LogP contribution in [0.15, 0.2) is 0 Å². The highest BCUT2D eigenvalue weighted by Gasteiger charge is 2.18. The van der Waals surface area contributed by atoms with Crippen LogP contribution in [0.1, 0.15) is 45.4 Å². The van der Waals surface area contributed by atoms with Crippen molar-refractivity contribution in [2.45, 2.75) is 51.6 Å². The Hall–Kier alpha value is -1.10. The number of carbonyl (C=O) groups excluding carboxylic acids is 2. The molecule has 0 saturated carbocycles. The van der Waals surface area contributed by atoms with Crippen LogP contribution in [0, 0.1) is 0 Å². The number of aliphatic hydroxyl groups excluding tert-OH is 1. The maximum Gasteiger partial charge on any atom is 0.239 e. The highest BCUT2D eigenvalue weighted by Crippen LogP contribution is 2.10. The van der Waals surface area contributed by atoms with Gasteiger partial charge in [-0.25, -0.2) is 0 Å². The van der Waals surface area contributed by atoms with Gasteiger partial charge in [-0.05, 0) is 25.7 Å². The zero-order valence-electron chi connectivity index (χ0n) is 11.2. The Morgan fingerprint density at radius 1 is 1.44 bits per heavy atom. The number of nitrogens with zero attached hydrogens (tertiary/aromatic N) is 1. The predicted octanol–water partition coefficient (Wildman–Crippen LogP) is 0.666. The molecule has 2 amide bonds. The molecule has 1 saturated heterocycles. The van der Waals surface area contributed by atoms with Crippen molar-refractivity contribution in [2.75, 3.05) is 19.6 Å². The van der Waals surface area contributed by atoms with Crippen LogP contribution >= 0.6 is 0 Å². The Morgan fingerprint density at radius 3 is 2.94 bits per heavy atom. The topological polar surface area (TPSA) is 69.6 Å². The first-order valence-corrected chi connectivity index (χ1v) is 6.86. The van der Waals surface area contributed by atoms with Crippen LogP contribution in [0.4, 0.5) is 0 Å². The van der Waals surface area contributed by atoms with E-state index in [1.165, 1.54) is 0 Å². The lowest BCUT2D eigenvalue weighted by molar-refractivity contribution is -0.135. The zero-order valence-corrected chi connectivity index (χ0v) is 11.2. The molecule has 2 N–H and O–H groups in total. The minimum atomic E-state index is -0.356. The van der Waals surface area contributed by atoms with Crippen LogP contribution in [0.3, 0.4) is 0 Å². The lowest BCUT2D eigenvalue weighted by Crippen LogP contribution is -2.41. The summed E-state index contributed by atoms with van der Waals surface area (Å²) in [5, 5.41) is 12.1. The number of nitrogens with one attached hydrogen (secondary N) is 1. The number of aliphatic hydroxyl groups is 1. The number of hydrogen-bond donors (Lipinski definition) is 2. The summed E-state index contributed by atoms with van der Waals surface area (Å²) in [6.45, 7) is 3.21. The molecule has 5 nitrogen and oxygen atoms in total. The third kappa shape index (κ3) is 5.49. The number of hydrogen-bond acceptors (Lipinski definition) is 3. The van der Waals surface area contributed by atoms with Gasteiger partial charge in [0.1, 0.15) is 0 Å². The second-order valence-electron chi connectivity index (χ2n) is 4.83. The first kappa shape index (κ1) is 15.0. The second kappa shape index (κ2) is 8.08. The first-order valence-electron chi connectivity index (χ1n) is 6.86. The molecule has 1 rings (SSSR count). The molecule has 5 heteroatoms. The summed E-state index contributed by atoms with van der Waals surface area (Å²) < 4.78 is 0. The lowest BCUT2D eigenvalue weighted by Gasteiger charge is -2.20. The van der Waals surface area contributed by atoms with Crippen LogP contribution in [0.5, 0.6) is 0 Å². The molecule has 1 aliphatic heterocycles. The molecule has 18 heavy (non-hydrogen) atoms. The van der Waals surface area contributed by atoms with E-state index in [1.807, 2.05) is 6.92 Å². The third-order valence-electron chi connectivity index (χ3n) is 3.28. The molecule has 0 bridgehead atoms. The van der Waals surface area contributed by atoms with Gasteiger partial charge in [-0.15, -0.1) is 0 Å². The highest BCUT2D eigenvalue weighted by molar-refractivity contribution is 5.84. The first-order chi connectivity index (χ1) is 8.63. The van der Waals surface area contributed by atoms with Gasteiger partial charge in [-0.2, -0.15) is 0 Å². The molecule has 104 valence electrons. The summed E-state index contributed by atoms with van der Waals surface area (Å²) >= 11 is 0. The third-order valence-corrected chi connectivity index (χ3v) is 3.28. The van der Waals surface area contributed by atoms with Gasteiger partial charge in [0.2, 0.25) is 11.8 Å². The van der Waals surface area contributed by atoms with E-state index in [9.17, 15) is 14.7 Å². The minimum Gasteiger partial charge on any atom is -0.393 e. The monoisotopic (exact) mass is 256 g/mol. The van der Waals surface area contributed by atoms with Crippen molar-refractivity contribution in [1.29, 1.82) is 0 Å². The van der Waals surface area contributed by atoms with Crippen molar-refractivity contribution in [3.63, 3.8) is 0 Å². The molecule has 1 atom stereocenters. The maximum absolute atomic E-state index is 11.7. The van der Waals surface area contributed by atoms with Crippen LogP contribution in [0.25, 0.3) is 0 Å². The van der Waals surface area contributed by atoms with Crippen molar-refractivity contribution in [1.82, 2.24) is 10.2 Å². The normalized spacial score (nSPS) is 18.3. The number of rotatable bonds is 6. The largest absolute Gasteiger partial charge is 0.393 e. The molecular weight excluding hydrogens is 232 g/mol. The number of carbonyl (C=O) groups is 2. The lowest BCUT2D eigenvalue weighted by atomic mass is 10.2. The van der Waals surface area contributed by atoms with Gasteiger partial charge in [0.25, 0.3) is 0 Å². The molecule has 0 aromatic rings. The maximum atomic E-state index is 11.7. The van der Waals surface area contributed by atoms with Crippen LogP contribution in [-0.4, -0.2) is 47.6 Å². The van der Waals surface area contributed by atoms with Crippen molar-refractivity contribution in [3.8, 4) is 0 Å². The Labute approximate surface area is 109 Å². The van der Waals surface area contributed by atoms with E-state index in [4.69, 9.17) is 0 Å². The van der Waals surface area contributed by atoms with E-state index in [-0.39, 0.29) is 24.5 Å². The Kier molecular flexibility index (Phi) is 6.72. The summed E-state index contributed by atoms with van der Waals surface area (Å²) in [5.74, 6) is -0.0511. The van der Waals surface area contributed by atoms with Gasteiger partial charge >= 0.3 is 0 Å². The molecule has 1 heterocycles. The van der Waals surface area contributed by atoms with Crippen molar-refractivity contribution < 1.29 is 14.7 Å². The van der Waals surface area contributed by atoms with Gasteiger partial charge in [0.15, 0.2) is 0 Å². The molecule has 0 aromatic heterocycles. The van der Waals surface area contributed by atoms with E-state index in [1.54, 1.807) is 4.90 Å². The van der Waals surface area contributed by atoms with Crippen LogP contribution in [0.2, 0.25) is 0 Å². The number of amides is 2. The van der Waals surface area contributed by atoms with Crippen molar-refractivity contribution in [2.24, 2.45) is 0 Å². The van der Waals surface area contributed by atoms with E-state index in [0.29, 0.717) is 32.4 Å². The zero-order chi connectivity index (χ0) is 13.4. The summed E-state index contributed by atoms with van der Waals surface area (Å²) in [6.07, 6.45) is 4.43. The summed E-state index contributed by atoms with van der Waals surface area (Å²) in [6, 6.07) is 0. The number of likely N-dealkylation sites (tertiary alicyclic amines) is 1. The smallest absolute Gasteiger partial charge is 0.239 e. The highest BCUT2D eigenvalue weighted by atomic mass is 16.3. The van der Waals surface area contributed by atoms with E-state index in [2.05, 4.69) is 5.32 Å². The summed E-state index contributed by atoms with van der Waals surface area (Å²) in [5.41, 5.74) is 0. The molecule has 0 spiro atoms. The molecular formula is C13H24N2O3. The fourth-order valence-electron chi connectivity index (χ4n) is 2.02. The second-order valence-corrected chi connectivity index (χ2v) is 4.83. The Balaban J connectivity index is 2.23. The van der Waals surface area contributed by atoms with E-state index >= 15 is 0 Å². The summed E-state index contributed by atoms with van der Waals surface area (Å²) in [7, 11) is 0. The quantitative estimate of drug-likeness (QED) is 0.733. The van der Waals surface area contributed by atoms with Crippen molar-refractivity contribution in [3.05, 3.63) is 0 Å². The van der Waals surface area contributed by atoms with Crippen LogP contribution in [-0.2, 0) is 9.59 Å². The molecule has 0 aliphatic carbocycles. The van der Waals surface area contributed by atoms with Gasteiger partial charge < -0.3 is 15.3 Å². The average molecular weight is 256 g/mol. The standard InChI is InChI=1S/C13H24N2O3/c1-2-11(16)7-8-14-12(17)10-15-9-5-3-4-6-13(15)18/h11,16H,2-10H2,1H3,(H,14,17). The average Bonchev–Trinajstić information content (AvgIpc) is 2.55. The minimum absolute atomic E-state index is 0.0799. The Morgan fingerprint density at radius 2 is 2.22 bits per heavy atom. The van der Waals surface area contributed by atoms with E-state index in [0.717, 1.165) is 19.3 Å². The molecule has 1 unspecified atom stereocenters. The molecule has 1 aliphatic rings. The van der Waals surface area contributed by atoms with Gasteiger partial charge in [-0.3, -0.25) is 9.59 Å². The van der Waals surface area contributed by atoms with Gasteiger partial charge in [0.05, 0.1) is 12.6 Å². The fraction of sp³-hybridized carbons (Fsp3) is 0.846. The van der Waals surface area contributed by atoms with Gasteiger partial charge in [0, 0.05) is 19.5 Å². The van der Waals surface area contributed by atoms with Crippen LogP contribution < -0.4 is 5.32 Å². The molecule has 0 aromatic carbocycles. The SMILES string of the molecule is CCC(O)CCNC(=O)CN1CCCCCC1=O. The molecule has 0 radical (unpaired) electrons. The Bertz CT molecular complexity index is 281. The van der Waals surface area contributed by atoms with Gasteiger partial charge in [-0.1, -0.05) is 13.3 Å². The van der Waals surface area contributed by atoms with Crippen molar-refractivity contribution >= 4 is 11.8 Å². The molecule has 1 fully saturated rings. The predicted molar refractivity (Wildman–Crippen MR) is 69.0 cm³/mol.